The molecule has 2 aromatic rings. The number of carbonyl (C=O) groups is 4. The molecule has 2 heterocycles. The van der Waals surface area contributed by atoms with E-state index < -0.39 is 24.5 Å². The topological polar surface area (TPSA) is 125 Å². The Labute approximate surface area is 223 Å². The molecule has 0 bridgehead atoms. The molecule has 0 unspecified atom stereocenters. The summed E-state index contributed by atoms with van der Waals surface area (Å²) in [5.41, 5.74) is 0. The van der Waals surface area contributed by atoms with Crippen LogP contribution in [0.1, 0.15) is 26.3 Å². The molecule has 0 spiro atoms. The van der Waals surface area contributed by atoms with Gasteiger partial charge in [-0.1, -0.05) is 0 Å². The number of aliphatic carboxylic acids is 1. The highest BCUT2D eigenvalue weighted by Crippen LogP contribution is 2.44. The van der Waals surface area contributed by atoms with Gasteiger partial charge in [0.1, 0.15) is 6.61 Å². The average Bonchev–Trinajstić information content (AvgIpc) is 3.19. The number of carbonyl (C=O) groups excluding carboxylic acids is 3. The zero-order chi connectivity index (χ0) is 24.6. The highest BCUT2D eigenvalue weighted by atomic mass is 79.9. The molecule has 0 aromatic carbocycles. The van der Waals surface area contributed by atoms with Gasteiger partial charge in [0.05, 0.1) is 30.7 Å². The molecule has 9 nitrogen and oxygen atoms in total. The van der Waals surface area contributed by atoms with E-state index in [1.807, 2.05) is 0 Å². The summed E-state index contributed by atoms with van der Waals surface area (Å²) in [4.78, 5) is 44.5. The predicted octanol–water partition coefficient (Wildman–Crippen LogP) is 5.55. The van der Waals surface area contributed by atoms with E-state index in [0.29, 0.717) is 27.1 Å². The van der Waals surface area contributed by atoms with Gasteiger partial charge in [-0.3, -0.25) is 4.79 Å². The molecule has 0 fully saturated rings. The summed E-state index contributed by atoms with van der Waals surface area (Å²) < 4.78 is 21.9. The van der Waals surface area contributed by atoms with Crippen molar-refractivity contribution in [3.63, 3.8) is 0 Å². The van der Waals surface area contributed by atoms with Crippen LogP contribution < -0.4 is 9.47 Å². The molecule has 0 aliphatic rings. The lowest BCUT2D eigenvalue weighted by molar-refractivity contribution is -0.139. The fraction of sp³-hybridized carbons (Fsp3) is 0.294. The lowest BCUT2D eigenvalue weighted by atomic mass is 10.4. The lowest BCUT2D eigenvalue weighted by Gasteiger charge is -2.04. The van der Waals surface area contributed by atoms with Crippen molar-refractivity contribution >= 4 is 110 Å². The van der Waals surface area contributed by atoms with E-state index in [1.165, 1.54) is 32.5 Å². The van der Waals surface area contributed by atoms with Gasteiger partial charge in [-0.05, 0) is 70.6 Å². The van der Waals surface area contributed by atoms with E-state index >= 15 is 0 Å². The third-order valence-electron chi connectivity index (χ3n) is 3.04. The van der Waals surface area contributed by atoms with Crippen molar-refractivity contribution in [3.05, 3.63) is 26.3 Å². The molecule has 0 atom stereocenters. The number of esters is 2. The Balaban J connectivity index is 0.000000320. The summed E-state index contributed by atoms with van der Waals surface area (Å²) in [5.74, 6) is -1.80. The maximum Gasteiger partial charge on any atom is 0.351 e. The first kappa shape index (κ1) is 29.0. The highest BCUT2D eigenvalue weighted by molar-refractivity contribution is 9.14. The van der Waals surface area contributed by atoms with Gasteiger partial charge in [-0.15, -0.1) is 22.7 Å². The summed E-state index contributed by atoms with van der Waals surface area (Å²) in [7, 11) is 2.53. The van der Waals surface area contributed by atoms with Crippen LogP contribution in [0.5, 0.6) is 11.5 Å². The molecule has 15 heteroatoms. The van der Waals surface area contributed by atoms with Crippen molar-refractivity contribution in [1.82, 2.24) is 0 Å². The second-order valence-electron chi connectivity index (χ2n) is 5.35. The molecule has 0 saturated carbocycles. The van der Waals surface area contributed by atoms with Gasteiger partial charge in [-0.25, -0.2) is 14.4 Å². The Morgan fingerprint density at radius 3 is 1.47 bits per heavy atom. The zero-order valence-electron chi connectivity index (χ0n) is 16.5. The van der Waals surface area contributed by atoms with Crippen molar-refractivity contribution in [2.24, 2.45) is 0 Å². The van der Waals surface area contributed by atoms with Crippen molar-refractivity contribution in [2.75, 3.05) is 27.4 Å². The number of Topliss-reactive ketones (excluding diaryl/α,β-unsaturated/α-hetero) is 1. The first-order valence-electron chi connectivity index (χ1n) is 8.03. The maximum absolute atomic E-state index is 11.4. The molecular formula is C17H14Br4O9S2. The Bertz CT molecular complexity index is 936. The Morgan fingerprint density at radius 1 is 0.781 bits per heavy atom. The SMILES string of the molecule is COC(=O)c1sc(Br)c(Br)c1OCC(=O)O.COC(=O)c1sc(Br)c(Br)c1OCC(C)=O. The highest BCUT2D eigenvalue weighted by Gasteiger charge is 2.24. The van der Waals surface area contributed by atoms with Gasteiger partial charge in [0.25, 0.3) is 0 Å². The van der Waals surface area contributed by atoms with Gasteiger partial charge in [0.2, 0.25) is 0 Å². The molecule has 176 valence electrons. The van der Waals surface area contributed by atoms with Crippen LogP contribution in [0.25, 0.3) is 0 Å². The number of hydrogen-bond acceptors (Lipinski definition) is 10. The molecule has 0 amide bonds. The summed E-state index contributed by atoms with van der Waals surface area (Å²) in [6, 6.07) is 0. The van der Waals surface area contributed by atoms with E-state index in [1.54, 1.807) is 0 Å². The zero-order valence-corrected chi connectivity index (χ0v) is 24.4. The quantitative estimate of drug-likeness (QED) is 0.347. The van der Waals surface area contributed by atoms with Crippen LogP contribution in [0.3, 0.4) is 0 Å². The Kier molecular flexibility index (Phi) is 12.4. The lowest BCUT2D eigenvalue weighted by Crippen LogP contribution is -2.11. The minimum Gasteiger partial charge on any atom is -0.483 e. The normalized spacial score (nSPS) is 9.97. The van der Waals surface area contributed by atoms with Crippen LogP contribution >= 0.6 is 86.4 Å². The Hall–Kier alpha value is -1.00. The fourth-order valence-corrected chi connectivity index (χ4v) is 6.03. The maximum atomic E-state index is 11.4. The number of ether oxygens (including phenoxy) is 4. The largest absolute Gasteiger partial charge is 0.483 e. The van der Waals surface area contributed by atoms with E-state index in [-0.39, 0.29) is 23.0 Å². The summed E-state index contributed by atoms with van der Waals surface area (Å²) in [6.45, 7) is 0.810. The molecule has 0 saturated heterocycles. The molecule has 2 aromatic heterocycles. The number of halogens is 4. The van der Waals surface area contributed by atoms with Crippen molar-refractivity contribution in [1.29, 1.82) is 0 Å². The molecule has 2 rings (SSSR count). The van der Waals surface area contributed by atoms with Gasteiger partial charge < -0.3 is 24.1 Å². The minimum atomic E-state index is -1.12. The first-order valence-corrected chi connectivity index (χ1v) is 12.8. The first-order chi connectivity index (χ1) is 14.9. The molecule has 0 radical (unpaired) electrons. The van der Waals surface area contributed by atoms with Crippen LogP contribution in [0.15, 0.2) is 16.5 Å². The van der Waals surface area contributed by atoms with Crippen LogP contribution in [0, 0.1) is 0 Å². The number of methoxy groups -OCH3 is 2. The van der Waals surface area contributed by atoms with E-state index in [4.69, 9.17) is 14.6 Å². The standard InChI is InChI=1S/C9H8Br2O4S.C8H6Br2O5S/c1-4(12)3-15-6-5(10)8(11)16-7(6)9(13)14-2;1-14-8(13)6-5(15-2-3(11)12)4(9)7(10)16-6/h3H2,1-2H3;2H2,1H3,(H,11,12). The average molecular weight is 746 g/mol. The van der Waals surface area contributed by atoms with Gasteiger partial charge in [0, 0.05) is 0 Å². The van der Waals surface area contributed by atoms with Gasteiger partial charge >= 0.3 is 17.9 Å². The summed E-state index contributed by atoms with van der Waals surface area (Å²) in [6.07, 6.45) is 0. The van der Waals surface area contributed by atoms with Crippen LogP contribution in [-0.2, 0) is 19.1 Å². The summed E-state index contributed by atoms with van der Waals surface area (Å²) in [5, 5.41) is 8.49. The third kappa shape index (κ3) is 8.09. The van der Waals surface area contributed by atoms with Crippen LogP contribution in [-0.4, -0.2) is 56.2 Å². The van der Waals surface area contributed by atoms with E-state index in [9.17, 15) is 19.2 Å². The monoisotopic (exact) mass is 742 g/mol. The predicted molar refractivity (Wildman–Crippen MR) is 131 cm³/mol. The van der Waals surface area contributed by atoms with E-state index in [0.717, 1.165) is 11.3 Å². The van der Waals surface area contributed by atoms with Crippen LogP contribution in [0.4, 0.5) is 0 Å². The second kappa shape index (κ2) is 13.6. The number of rotatable bonds is 8. The fourth-order valence-electron chi connectivity index (χ4n) is 1.76. The molecule has 0 aliphatic heterocycles. The number of ketones is 1. The number of carboxylic acid groups (broad SMARTS) is 1. The van der Waals surface area contributed by atoms with Crippen molar-refractivity contribution in [2.45, 2.75) is 6.92 Å². The molecule has 32 heavy (non-hydrogen) atoms. The van der Waals surface area contributed by atoms with Gasteiger partial charge in [0.15, 0.2) is 33.6 Å². The molecule has 1 N–H and O–H groups in total. The van der Waals surface area contributed by atoms with Crippen LogP contribution in [0.2, 0.25) is 0 Å². The Morgan fingerprint density at radius 2 is 1.16 bits per heavy atom. The van der Waals surface area contributed by atoms with E-state index in [2.05, 4.69) is 73.2 Å². The molecule has 0 aliphatic carbocycles. The molecular weight excluding hydrogens is 732 g/mol. The smallest absolute Gasteiger partial charge is 0.351 e. The number of hydrogen-bond donors (Lipinski definition) is 1. The third-order valence-corrected chi connectivity index (χ3v) is 9.79. The number of thiophene rings is 2. The number of carboxylic acids is 1. The second-order valence-corrected chi connectivity index (χ2v) is 11.6. The van der Waals surface area contributed by atoms with Crippen molar-refractivity contribution < 1.29 is 43.2 Å². The van der Waals surface area contributed by atoms with Crippen molar-refractivity contribution in [3.8, 4) is 11.5 Å². The minimum absolute atomic E-state index is 0.0776. The summed E-state index contributed by atoms with van der Waals surface area (Å²) >= 11 is 15.2. The van der Waals surface area contributed by atoms with Gasteiger partial charge in [-0.2, -0.15) is 0 Å².